The van der Waals surface area contributed by atoms with Gasteiger partial charge in [0.2, 0.25) is 5.91 Å². The van der Waals surface area contributed by atoms with E-state index in [1.807, 2.05) is 35.2 Å². The smallest absolute Gasteiger partial charge is 0.229 e. The first kappa shape index (κ1) is 19.9. The fourth-order valence-corrected chi connectivity index (χ4v) is 5.24. The molecule has 2 aromatic carbocycles. The Hall–Kier alpha value is -3.00. The van der Waals surface area contributed by atoms with E-state index < -0.39 is 0 Å². The van der Waals surface area contributed by atoms with E-state index in [9.17, 15) is 4.79 Å². The first-order chi connectivity index (χ1) is 15.1. The van der Waals surface area contributed by atoms with Crippen LogP contribution in [-0.4, -0.2) is 56.8 Å². The van der Waals surface area contributed by atoms with E-state index >= 15 is 0 Å². The van der Waals surface area contributed by atoms with Crippen LogP contribution in [0.4, 0.5) is 5.13 Å². The number of anilines is 1. The molecule has 2 aliphatic heterocycles. The minimum absolute atomic E-state index is 0.0169. The summed E-state index contributed by atoms with van der Waals surface area (Å²) in [5.74, 6) is 2.49. The summed E-state index contributed by atoms with van der Waals surface area (Å²) in [5, 5.41) is 0.966. The number of amides is 1. The van der Waals surface area contributed by atoms with Gasteiger partial charge in [0, 0.05) is 32.2 Å². The Morgan fingerprint density at radius 3 is 2.48 bits per heavy atom. The standard InChI is InChI=1S/C23H25N3O4S/c1-28-17-4-5-21-18(10-17)24-23(31-21)26-12-16(13-26)22(27)25-7-6-14-8-19(29-2)20(30-3)9-15(14)11-25/h4-5,8-10,16H,6-7,11-13H2,1-3H3. The van der Waals surface area contributed by atoms with Crippen molar-refractivity contribution < 1.29 is 19.0 Å². The van der Waals surface area contributed by atoms with Gasteiger partial charge in [-0.25, -0.2) is 4.98 Å². The van der Waals surface area contributed by atoms with Crippen LogP contribution >= 0.6 is 11.3 Å². The predicted octanol–water partition coefficient (Wildman–Crippen LogP) is 3.34. The summed E-state index contributed by atoms with van der Waals surface area (Å²) in [7, 11) is 4.94. The molecule has 1 amide bonds. The maximum atomic E-state index is 13.1. The highest BCUT2D eigenvalue weighted by molar-refractivity contribution is 7.22. The molecule has 1 saturated heterocycles. The van der Waals surface area contributed by atoms with Gasteiger partial charge in [0.25, 0.3) is 0 Å². The van der Waals surface area contributed by atoms with E-state index in [0.29, 0.717) is 25.4 Å². The number of carbonyl (C=O) groups is 1. The number of methoxy groups -OCH3 is 3. The van der Waals surface area contributed by atoms with Crippen LogP contribution in [0.5, 0.6) is 17.2 Å². The first-order valence-corrected chi connectivity index (χ1v) is 11.1. The number of fused-ring (bicyclic) bond motifs is 2. The quantitative estimate of drug-likeness (QED) is 0.608. The number of ether oxygens (including phenoxy) is 3. The zero-order valence-corrected chi connectivity index (χ0v) is 18.7. The summed E-state index contributed by atoms with van der Waals surface area (Å²) in [6.45, 7) is 2.78. The second kappa shape index (κ2) is 7.92. The second-order valence-electron chi connectivity index (χ2n) is 7.92. The Kier molecular flexibility index (Phi) is 5.09. The average Bonchev–Trinajstić information content (AvgIpc) is 3.18. The largest absolute Gasteiger partial charge is 0.497 e. The molecule has 2 aliphatic rings. The van der Waals surface area contributed by atoms with Gasteiger partial charge in [0.1, 0.15) is 5.75 Å². The molecule has 0 N–H and O–H groups in total. The van der Waals surface area contributed by atoms with Gasteiger partial charge in [-0.05, 0) is 41.8 Å². The van der Waals surface area contributed by atoms with E-state index in [1.54, 1.807) is 32.7 Å². The van der Waals surface area contributed by atoms with Crippen LogP contribution in [0.15, 0.2) is 30.3 Å². The Balaban J connectivity index is 1.25. The number of nitrogens with zero attached hydrogens (tertiary/aromatic N) is 3. The molecule has 31 heavy (non-hydrogen) atoms. The molecule has 0 unspecified atom stereocenters. The summed E-state index contributed by atoms with van der Waals surface area (Å²) in [6.07, 6.45) is 0.831. The lowest BCUT2D eigenvalue weighted by Gasteiger charge is -2.41. The van der Waals surface area contributed by atoms with Crippen molar-refractivity contribution in [2.45, 2.75) is 13.0 Å². The minimum Gasteiger partial charge on any atom is -0.497 e. The van der Waals surface area contributed by atoms with Crippen molar-refractivity contribution in [3.63, 3.8) is 0 Å². The molecule has 0 atom stereocenters. The van der Waals surface area contributed by atoms with Crippen molar-refractivity contribution in [2.75, 3.05) is 45.9 Å². The molecule has 8 heteroatoms. The number of thiazole rings is 1. The Bertz CT molecular complexity index is 1140. The second-order valence-corrected chi connectivity index (χ2v) is 8.93. The molecule has 0 radical (unpaired) electrons. The van der Waals surface area contributed by atoms with Gasteiger partial charge < -0.3 is 24.0 Å². The molecule has 0 spiro atoms. The van der Waals surface area contributed by atoms with Crippen molar-refractivity contribution in [1.82, 2.24) is 9.88 Å². The normalized spacial score (nSPS) is 16.1. The summed E-state index contributed by atoms with van der Waals surface area (Å²) >= 11 is 1.66. The topological polar surface area (TPSA) is 64.1 Å². The Morgan fingerprint density at radius 1 is 1.03 bits per heavy atom. The number of hydrogen-bond acceptors (Lipinski definition) is 7. The number of benzene rings is 2. The van der Waals surface area contributed by atoms with E-state index in [4.69, 9.17) is 19.2 Å². The van der Waals surface area contributed by atoms with Crippen LogP contribution in [0.25, 0.3) is 10.2 Å². The lowest BCUT2D eigenvalue weighted by atomic mass is 9.94. The van der Waals surface area contributed by atoms with Crippen LogP contribution < -0.4 is 19.1 Å². The molecular weight excluding hydrogens is 414 g/mol. The Labute approximate surface area is 185 Å². The average molecular weight is 440 g/mol. The summed E-state index contributed by atoms with van der Waals surface area (Å²) < 4.78 is 17.3. The maximum Gasteiger partial charge on any atom is 0.229 e. The highest BCUT2D eigenvalue weighted by atomic mass is 32.1. The van der Waals surface area contributed by atoms with Gasteiger partial charge >= 0.3 is 0 Å². The lowest BCUT2D eigenvalue weighted by molar-refractivity contribution is -0.137. The molecule has 1 aromatic heterocycles. The fourth-order valence-electron chi connectivity index (χ4n) is 4.28. The van der Waals surface area contributed by atoms with Crippen LogP contribution in [0.2, 0.25) is 0 Å². The summed E-state index contributed by atoms with van der Waals surface area (Å²) in [5.41, 5.74) is 3.29. The van der Waals surface area contributed by atoms with Crippen LogP contribution in [-0.2, 0) is 17.8 Å². The van der Waals surface area contributed by atoms with Gasteiger partial charge in [0.15, 0.2) is 16.6 Å². The zero-order chi connectivity index (χ0) is 21.5. The summed E-state index contributed by atoms with van der Waals surface area (Å²) in [4.78, 5) is 22.0. The highest BCUT2D eigenvalue weighted by Crippen LogP contribution is 2.36. The third kappa shape index (κ3) is 3.54. The molecule has 3 heterocycles. The van der Waals surface area contributed by atoms with Crippen LogP contribution in [0.1, 0.15) is 11.1 Å². The third-order valence-corrected chi connectivity index (χ3v) is 7.21. The van der Waals surface area contributed by atoms with E-state index in [1.165, 1.54) is 5.56 Å². The molecule has 0 aliphatic carbocycles. The molecule has 1 fully saturated rings. The van der Waals surface area contributed by atoms with Crippen molar-refractivity contribution in [3.05, 3.63) is 41.5 Å². The number of aromatic nitrogens is 1. The van der Waals surface area contributed by atoms with E-state index in [2.05, 4.69) is 4.90 Å². The molecule has 7 nitrogen and oxygen atoms in total. The zero-order valence-electron chi connectivity index (χ0n) is 17.9. The Morgan fingerprint density at radius 2 is 1.77 bits per heavy atom. The van der Waals surface area contributed by atoms with Crippen LogP contribution in [0, 0.1) is 5.92 Å². The number of rotatable bonds is 5. The molecule has 162 valence electrons. The van der Waals surface area contributed by atoms with E-state index in [0.717, 1.165) is 45.4 Å². The van der Waals surface area contributed by atoms with Crippen molar-refractivity contribution in [1.29, 1.82) is 0 Å². The number of carbonyl (C=O) groups excluding carboxylic acids is 1. The van der Waals surface area contributed by atoms with Gasteiger partial charge in [-0.15, -0.1) is 0 Å². The molecule has 0 saturated carbocycles. The van der Waals surface area contributed by atoms with E-state index in [-0.39, 0.29) is 11.8 Å². The third-order valence-electron chi connectivity index (χ3n) is 6.11. The van der Waals surface area contributed by atoms with Crippen molar-refractivity contribution >= 4 is 32.6 Å². The molecule has 5 rings (SSSR count). The van der Waals surface area contributed by atoms with Crippen molar-refractivity contribution in [2.24, 2.45) is 5.92 Å². The molecule has 0 bridgehead atoms. The SMILES string of the molecule is COc1ccc2sc(N3CC(C(=O)N4CCc5cc(OC)c(OC)cc5C4)C3)nc2c1. The summed E-state index contributed by atoms with van der Waals surface area (Å²) in [6, 6.07) is 9.96. The monoisotopic (exact) mass is 439 g/mol. The maximum absolute atomic E-state index is 13.1. The van der Waals surface area contributed by atoms with Crippen molar-refractivity contribution in [3.8, 4) is 17.2 Å². The fraction of sp³-hybridized carbons (Fsp3) is 0.391. The lowest BCUT2D eigenvalue weighted by Crippen LogP contribution is -2.55. The van der Waals surface area contributed by atoms with Gasteiger partial charge in [0.05, 0.1) is 37.5 Å². The van der Waals surface area contributed by atoms with Crippen LogP contribution in [0.3, 0.4) is 0 Å². The molecular formula is C23H25N3O4S. The van der Waals surface area contributed by atoms with Gasteiger partial charge in [-0.1, -0.05) is 11.3 Å². The predicted molar refractivity (Wildman–Crippen MR) is 121 cm³/mol. The molecule has 3 aromatic rings. The van der Waals surface area contributed by atoms with Gasteiger partial charge in [-0.3, -0.25) is 4.79 Å². The first-order valence-electron chi connectivity index (χ1n) is 10.3. The minimum atomic E-state index is 0.0169. The highest BCUT2D eigenvalue weighted by Gasteiger charge is 2.37. The number of hydrogen-bond donors (Lipinski definition) is 0. The van der Waals surface area contributed by atoms with Gasteiger partial charge in [-0.2, -0.15) is 0 Å².